The van der Waals surface area contributed by atoms with Crippen molar-refractivity contribution in [3.63, 3.8) is 0 Å². The van der Waals surface area contributed by atoms with Crippen molar-refractivity contribution in [3.05, 3.63) is 0 Å². The highest BCUT2D eigenvalue weighted by molar-refractivity contribution is 5.66. The van der Waals surface area contributed by atoms with Crippen LogP contribution in [0.5, 0.6) is 0 Å². The quantitative estimate of drug-likeness (QED) is 0.657. The standard InChI is InChI=1S/C7H15NO3/c1-6(5-10-2)4-8-7(9)11-3/h6H,4-5H2,1-3H3,(H,8,9). The van der Waals surface area contributed by atoms with E-state index in [9.17, 15) is 4.79 Å². The van der Waals surface area contributed by atoms with Gasteiger partial charge in [-0.15, -0.1) is 0 Å². The van der Waals surface area contributed by atoms with Crippen LogP contribution in [0.1, 0.15) is 6.92 Å². The van der Waals surface area contributed by atoms with Crippen LogP contribution in [0.25, 0.3) is 0 Å². The highest BCUT2D eigenvalue weighted by Gasteiger charge is 2.03. The molecule has 4 nitrogen and oxygen atoms in total. The Labute approximate surface area is 66.9 Å². The summed E-state index contributed by atoms with van der Waals surface area (Å²) in [6.45, 7) is 3.21. The third-order valence-electron chi connectivity index (χ3n) is 1.23. The molecule has 66 valence electrons. The number of amides is 1. The molecule has 4 heteroatoms. The first-order valence-electron chi connectivity index (χ1n) is 3.51. The van der Waals surface area contributed by atoms with E-state index in [0.29, 0.717) is 19.1 Å². The van der Waals surface area contributed by atoms with Gasteiger partial charge in [-0.2, -0.15) is 0 Å². The molecule has 1 N–H and O–H groups in total. The summed E-state index contributed by atoms with van der Waals surface area (Å²) in [7, 11) is 2.98. The number of rotatable bonds is 4. The first-order valence-corrected chi connectivity index (χ1v) is 3.51. The van der Waals surface area contributed by atoms with E-state index in [-0.39, 0.29) is 0 Å². The first-order chi connectivity index (χ1) is 5.20. The Balaban J connectivity index is 3.29. The van der Waals surface area contributed by atoms with Gasteiger partial charge in [0.15, 0.2) is 0 Å². The van der Waals surface area contributed by atoms with Crippen LogP contribution in [0, 0.1) is 5.92 Å². The number of methoxy groups -OCH3 is 2. The van der Waals surface area contributed by atoms with E-state index in [0.717, 1.165) is 0 Å². The van der Waals surface area contributed by atoms with Crippen molar-refractivity contribution in [1.82, 2.24) is 5.32 Å². The van der Waals surface area contributed by atoms with Crippen LogP contribution >= 0.6 is 0 Å². The zero-order chi connectivity index (χ0) is 8.69. The second-order valence-corrected chi connectivity index (χ2v) is 2.43. The highest BCUT2D eigenvalue weighted by Crippen LogP contribution is 1.91. The monoisotopic (exact) mass is 161 g/mol. The molecule has 0 rings (SSSR count). The number of ether oxygens (including phenoxy) is 2. The smallest absolute Gasteiger partial charge is 0.406 e. The Hall–Kier alpha value is -0.770. The van der Waals surface area contributed by atoms with Gasteiger partial charge >= 0.3 is 6.09 Å². The minimum atomic E-state index is -0.395. The molecule has 1 atom stereocenters. The van der Waals surface area contributed by atoms with Crippen LogP contribution in [0.3, 0.4) is 0 Å². The fourth-order valence-electron chi connectivity index (χ4n) is 0.673. The zero-order valence-corrected chi connectivity index (χ0v) is 7.22. The molecule has 1 unspecified atom stereocenters. The highest BCUT2D eigenvalue weighted by atomic mass is 16.5. The number of carbonyl (C=O) groups excluding carboxylic acids is 1. The average molecular weight is 161 g/mol. The van der Waals surface area contributed by atoms with Crippen LogP contribution in [0.15, 0.2) is 0 Å². The SMILES string of the molecule is COCC(C)CNC(=O)OC. The molecular weight excluding hydrogens is 146 g/mol. The summed E-state index contributed by atoms with van der Waals surface area (Å²) in [5.74, 6) is 0.319. The number of hydrogen-bond acceptors (Lipinski definition) is 3. The number of alkyl carbamates (subject to hydrolysis) is 1. The molecule has 0 aliphatic rings. The number of nitrogens with one attached hydrogen (secondary N) is 1. The van der Waals surface area contributed by atoms with E-state index in [1.54, 1.807) is 7.11 Å². The van der Waals surface area contributed by atoms with Gasteiger partial charge in [0, 0.05) is 13.7 Å². The average Bonchev–Trinajstić information content (AvgIpc) is 2.01. The first kappa shape index (κ1) is 10.2. The second kappa shape index (κ2) is 5.97. The molecule has 0 aromatic rings. The maximum Gasteiger partial charge on any atom is 0.406 e. The molecule has 0 fully saturated rings. The Morgan fingerprint density at radius 3 is 2.64 bits per heavy atom. The molecule has 0 radical (unpaired) electrons. The summed E-state index contributed by atoms with van der Waals surface area (Å²) >= 11 is 0. The predicted molar refractivity (Wildman–Crippen MR) is 41.4 cm³/mol. The molecule has 11 heavy (non-hydrogen) atoms. The topological polar surface area (TPSA) is 47.6 Å². The maximum atomic E-state index is 10.5. The molecule has 0 bridgehead atoms. The van der Waals surface area contributed by atoms with E-state index >= 15 is 0 Å². The van der Waals surface area contributed by atoms with Gasteiger partial charge < -0.3 is 14.8 Å². The largest absolute Gasteiger partial charge is 0.453 e. The van der Waals surface area contributed by atoms with Gasteiger partial charge in [-0.3, -0.25) is 0 Å². The Kier molecular flexibility index (Phi) is 5.56. The molecule has 0 heterocycles. The van der Waals surface area contributed by atoms with Gasteiger partial charge in [-0.1, -0.05) is 6.92 Å². The van der Waals surface area contributed by atoms with Crippen molar-refractivity contribution in [2.75, 3.05) is 27.4 Å². The van der Waals surface area contributed by atoms with Gasteiger partial charge in [0.1, 0.15) is 0 Å². The summed E-state index contributed by atoms with van der Waals surface area (Å²) in [5.41, 5.74) is 0. The molecule has 0 aromatic carbocycles. The third-order valence-corrected chi connectivity index (χ3v) is 1.23. The Morgan fingerprint density at radius 1 is 1.55 bits per heavy atom. The lowest BCUT2D eigenvalue weighted by Gasteiger charge is -2.09. The van der Waals surface area contributed by atoms with Crippen LogP contribution < -0.4 is 5.32 Å². The van der Waals surface area contributed by atoms with Crippen molar-refractivity contribution < 1.29 is 14.3 Å². The van der Waals surface area contributed by atoms with Gasteiger partial charge in [-0.25, -0.2) is 4.79 Å². The van der Waals surface area contributed by atoms with Gasteiger partial charge in [0.25, 0.3) is 0 Å². The van der Waals surface area contributed by atoms with Crippen molar-refractivity contribution in [3.8, 4) is 0 Å². The number of hydrogen-bond donors (Lipinski definition) is 1. The van der Waals surface area contributed by atoms with Crippen LogP contribution in [0.2, 0.25) is 0 Å². The van der Waals surface area contributed by atoms with Crippen molar-refractivity contribution in [2.45, 2.75) is 6.92 Å². The van der Waals surface area contributed by atoms with E-state index < -0.39 is 6.09 Å². The molecular formula is C7H15NO3. The van der Waals surface area contributed by atoms with Crippen molar-refractivity contribution in [1.29, 1.82) is 0 Å². The maximum absolute atomic E-state index is 10.5. The van der Waals surface area contributed by atoms with Gasteiger partial charge in [0.05, 0.1) is 13.7 Å². The normalized spacial score (nSPS) is 12.3. The second-order valence-electron chi connectivity index (χ2n) is 2.43. The molecule has 0 saturated carbocycles. The third kappa shape index (κ3) is 5.66. The lowest BCUT2D eigenvalue weighted by atomic mass is 10.2. The minimum absolute atomic E-state index is 0.319. The number of carbonyl (C=O) groups is 1. The molecule has 0 spiro atoms. The summed E-state index contributed by atoms with van der Waals surface area (Å²) < 4.78 is 9.27. The van der Waals surface area contributed by atoms with Crippen molar-refractivity contribution in [2.24, 2.45) is 5.92 Å². The van der Waals surface area contributed by atoms with Crippen LogP contribution in [0.4, 0.5) is 4.79 Å². The molecule has 0 saturated heterocycles. The summed E-state index contributed by atoms with van der Waals surface area (Å²) in [4.78, 5) is 10.5. The fourth-order valence-corrected chi connectivity index (χ4v) is 0.673. The van der Waals surface area contributed by atoms with Gasteiger partial charge in [-0.05, 0) is 5.92 Å². The zero-order valence-electron chi connectivity index (χ0n) is 7.22. The lowest BCUT2D eigenvalue weighted by molar-refractivity contribution is 0.148. The summed E-state index contributed by atoms with van der Waals surface area (Å²) in [5, 5.41) is 2.58. The van der Waals surface area contributed by atoms with E-state index in [4.69, 9.17) is 4.74 Å². The van der Waals surface area contributed by atoms with E-state index in [1.165, 1.54) is 7.11 Å². The molecule has 1 amide bonds. The Morgan fingerprint density at radius 2 is 2.18 bits per heavy atom. The van der Waals surface area contributed by atoms with Crippen LogP contribution in [-0.2, 0) is 9.47 Å². The minimum Gasteiger partial charge on any atom is -0.453 e. The molecule has 0 aliphatic carbocycles. The summed E-state index contributed by atoms with van der Waals surface area (Å²) in [6, 6.07) is 0. The molecule has 0 aliphatic heterocycles. The van der Waals surface area contributed by atoms with Crippen molar-refractivity contribution >= 4 is 6.09 Å². The molecule has 0 aromatic heterocycles. The predicted octanol–water partition coefficient (Wildman–Crippen LogP) is 0.625. The Bertz CT molecular complexity index is 116. The van der Waals surface area contributed by atoms with E-state index in [1.807, 2.05) is 6.92 Å². The van der Waals surface area contributed by atoms with Crippen LogP contribution in [-0.4, -0.2) is 33.5 Å². The van der Waals surface area contributed by atoms with Gasteiger partial charge in [0.2, 0.25) is 0 Å². The summed E-state index contributed by atoms with van der Waals surface area (Å²) in [6.07, 6.45) is -0.395. The van der Waals surface area contributed by atoms with E-state index in [2.05, 4.69) is 10.1 Å². The fraction of sp³-hybridized carbons (Fsp3) is 0.857. The lowest BCUT2D eigenvalue weighted by Crippen LogP contribution is -2.29.